The Hall–Kier alpha value is -2.45. The van der Waals surface area contributed by atoms with E-state index in [-0.39, 0.29) is 0 Å². The Kier molecular flexibility index (Phi) is 5.53. The first-order chi connectivity index (χ1) is 12.6. The molecule has 0 saturated heterocycles. The highest BCUT2D eigenvalue weighted by atomic mass is 35.5. The quantitative estimate of drug-likeness (QED) is 0.308. The maximum absolute atomic E-state index is 13.0. The molecule has 0 heterocycles. The fraction of sp³-hybridized carbons (Fsp3) is 0.0909. The van der Waals surface area contributed by atoms with Gasteiger partial charge in [0.1, 0.15) is 0 Å². The highest BCUT2D eigenvalue weighted by Gasteiger charge is 2.42. The van der Waals surface area contributed by atoms with Crippen molar-refractivity contribution in [3.05, 3.63) is 95.7 Å². The van der Waals surface area contributed by atoms with Crippen LogP contribution in [0.5, 0.6) is 0 Å². The number of carbonyl (C=O) groups is 1. The number of fused-ring (bicyclic) bond motifs is 1. The van der Waals surface area contributed by atoms with Gasteiger partial charge in [-0.1, -0.05) is 84.5 Å². The molecule has 1 atom stereocenters. The fourth-order valence-electron chi connectivity index (χ4n) is 2.92. The van der Waals surface area contributed by atoms with Crippen LogP contribution in [-0.2, 0) is 14.3 Å². The molecule has 0 radical (unpaired) electrons. The number of thioether (sulfide) groups is 1. The van der Waals surface area contributed by atoms with Gasteiger partial charge in [-0.05, 0) is 34.5 Å². The van der Waals surface area contributed by atoms with Gasteiger partial charge in [-0.3, -0.25) is 0 Å². The Morgan fingerprint density at radius 2 is 1.81 bits per heavy atom. The number of methoxy groups -OCH3 is 1. The predicted octanol–water partition coefficient (Wildman–Crippen LogP) is 5.99. The zero-order valence-corrected chi connectivity index (χ0v) is 15.8. The molecule has 0 N–H and O–H groups in total. The normalized spacial score (nSPS) is 12.8. The molecule has 0 fully saturated rings. The second kappa shape index (κ2) is 7.84. The van der Waals surface area contributed by atoms with Crippen LogP contribution in [-0.4, -0.2) is 13.1 Å². The lowest BCUT2D eigenvalue weighted by molar-refractivity contribution is -0.142. The molecule has 0 aliphatic heterocycles. The molecule has 4 heteroatoms. The van der Waals surface area contributed by atoms with Gasteiger partial charge in [0.2, 0.25) is 0 Å². The fourth-order valence-corrected chi connectivity index (χ4v) is 4.43. The summed E-state index contributed by atoms with van der Waals surface area (Å²) < 4.78 is 4.03. The van der Waals surface area contributed by atoms with Gasteiger partial charge in [0.15, 0.2) is 4.75 Å². The van der Waals surface area contributed by atoms with E-state index in [0.717, 1.165) is 21.2 Å². The van der Waals surface area contributed by atoms with E-state index in [0.29, 0.717) is 5.02 Å². The topological polar surface area (TPSA) is 26.3 Å². The number of hydrogen-bond acceptors (Lipinski definition) is 3. The van der Waals surface area contributed by atoms with E-state index >= 15 is 0 Å². The van der Waals surface area contributed by atoms with Crippen molar-refractivity contribution in [1.82, 2.24) is 0 Å². The van der Waals surface area contributed by atoms with Crippen molar-refractivity contribution < 1.29 is 9.53 Å². The van der Waals surface area contributed by atoms with Crippen LogP contribution in [0.2, 0.25) is 5.02 Å². The zero-order chi connectivity index (χ0) is 18.6. The molecule has 130 valence electrons. The molecule has 3 rings (SSSR count). The van der Waals surface area contributed by atoms with Gasteiger partial charge in [0.25, 0.3) is 0 Å². The smallest absolute Gasteiger partial charge is 0.331 e. The Morgan fingerprint density at radius 1 is 1.12 bits per heavy atom. The highest BCUT2D eigenvalue weighted by molar-refractivity contribution is 8.01. The zero-order valence-electron chi connectivity index (χ0n) is 14.2. The number of benzene rings is 3. The summed E-state index contributed by atoms with van der Waals surface area (Å²) in [5, 5.41) is 2.57. The summed E-state index contributed by atoms with van der Waals surface area (Å²) in [6.45, 7) is 3.70. The van der Waals surface area contributed by atoms with Gasteiger partial charge in [-0.25, -0.2) is 4.79 Å². The van der Waals surface area contributed by atoms with E-state index in [4.69, 9.17) is 16.3 Å². The summed E-state index contributed by atoms with van der Waals surface area (Å²) in [4.78, 5) is 13.8. The summed E-state index contributed by atoms with van der Waals surface area (Å²) >= 11 is 7.68. The molecule has 3 aromatic rings. The molecule has 0 amide bonds. The van der Waals surface area contributed by atoms with Crippen LogP contribution in [0.25, 0.3) is 10.8 Å². The van der Waals surface area contributed by atoms with E-state index in [9.17, 15) is 4.79 Å². The minimum absolute atomic E-state index is 0.407. The van der Waals surface area contributed by atoms with E-state index in [1.165, 1.54) is 18.9 Å². The molecule has 0 bridgehead atoms. The lowest BCUT2D eigenvalue weighted by Gasteiger charge is -2.28. The summed E-state index contributed by atoms with van der Waals surface area (Å²) in [5.74, 6) is -0.407. The lowest BCUT2D eigenvalue weighted by atomic mass is 9.92. The van der Waals surface area contributed by atoms with Crippen molar-refractivity contribution in [2.24, 2.45) is 0 Å². The number of esters is 1. The Labute approximate surface area is 162 Å². The average molecular weight is 381 g/mol. The largest absolute Gasteiger partial charge is 0.467 e. The summed E-state index contributed by atoms with van der Waals surface area (Å²) in [6, 6.07) is 21.2. The first-order valence-corrected chi connectivity index (χ1v) is 9.19. The molecular weight excluding hydrogens is 364 g/mol. The van der Waals surface area contributed by atoms with Crippen LogP contribution in [0.1, 0.15) is 5.56 Å². The number of halogens is 1. The lowest BCUT2D eigenvalue weighted by Crippen LogP contribution is -2.31. The molecule has 0 aliphatic carbocycles. The SMILES string of the molecule is C=C=CC(Sc1ccccc1Cl)(C(=O)OC)c1cccc2ccccc12. The summed E-state index contributed by atoms with van der Waals surface area (Å²) in [6.07, 6.45) is 1.65. The van der Waals surface area contributed by atoms with Gasteiger partial charge >= 0.3 is 5.97 Å². The van der Waals surface area contributed by atoms with E-state index in [1.54, 1.807) is 12.1 Å². The van der Waals surface area contributed by atoms with Gasteiger partial charge in [-0.2, -0.15) is 0 Å². The molecule has 0 aliphatic rings. The highest BCUT2D eigenvalue weighted by Crippen LogP contribution is 2.47. The van der Waals surface area contributed by atoms with Crippen LogP contribution in [0.15, 0.2) is 90.0 Å². The first-order valence-electron chi connectivity index (χ1n) is 7.99. The van der Waals surface area contributed by atoms with Crippen molar-refractivity contribution in [3.8, 4) is 0 Å². The number of carbonyl (C=O) groups excluding carboxylic acids is 1. The van der Waals surface area contributed by atoms with E-state index < -0.39 is 10.7 Å². The standard InChI is InChI=1S/C22H17ClO2S/c1-3-15-22(21(24)25-2,26-20-14-7-6-13-19(20)23)18-12-8-10-16-9-4-5-11-17(16)18/h4-15H,1H2,2H3. The van der Waals surface area contributed by atoms with Crippen molar-refractivity contribution >= 4 is 40.1 Å². The molecule has 0 aromatic heterocycles. The third kappa shape index (κ3) is 3.30. The maximum atomic E-state index is 13.0. The third-order valence-corrected chi connectivity index (χ3v) is 5.94. The van der Waals surface area contributed by atoms with Crippen LogP contribution < -0.4 is 0 Å². The van der Waals surface area contributed by atoms with Gasteiger partial charge in [-0.15, -0.1) is 5.73 Å². The van der Waals surface area contributed by atoms with Crippen molar-refractivity contribution in [3.63, 3.8) is 0 Å². The number of hydrogen-bond donors (Lipinski definition) is 0. The van der Waals surface area contributed by atoms with Crippen molar-refractivity contribution in [2.75, 3.05) is 7.11 Å². The third-order valence-electron chi connectivity index (χ3n) is 4.09. The second-order valence-electron chi connectivity index (χ2n) is 5.63. The Balaban J connectivity index is 2.31. The predicted molar refractivity (Wildman–Crippen MR) is 109 cm³/mol. The molecule has 2 nitrogen and oxygen atoms in total. The Bertz CT molecular complexity index is 1000. The Morgan fingerprint density at radius 3 is 2.54 bits per heavy atom. The maximum Gasteiger partial charge on any atom is 0.331 e. The van der Waals surface area contributed by atoms with E-state index in [1.807, 2.05) is 60.7 Å². The van der Waals surface area contributed by atoms with Crippen LogP contribution >= 0.6 is 23.4 Å². The minimum Gasteiger partial charge on any atom is -0.467 e. The monoisotopic (exact) mass is 380 g/mol. The summed E-state index contributed by atoms with van der Waals surface area (Å²) in [5.41, 5.74) is 3.60. The molecule has 1 unspecified atom stereocenters. The molecular formula is C22H17ClO2S. The minimum atomic E-state index is -1.15. The van der Waals surface area contributed by atoms with Crippen LogP contribution in [0, 0.1) is 0 Å². The molecule has 0 spiro atoms. The second-order valence-corrected chi connectivity index (χ2v) is 7.33. The van der Waals surface area contributed by atoms with Crippen molar-refractivity contribution in [2.45, 2.75) is 9.64 Å². The van der Waals surface area contributed by atoms with Gasteiger partial charge in [0.05, 0.1) is 12.1 Å². The summed E-state index contributed by atoms with van der Waals surface area (Å²) in [7, 11) is 1.38. The number of rotatable bonds is 5. The van der Waals surface area contributed by atoms with E-state index in [2.05, 4.69) is 12.3 Å². The molecule has 26 heavy (non-hydrogen) atoms. The van der Waals surface area contributed by atoms with Gasteiger partial charge in [0, 0.05) is 4.90 Å². The molecule has 0 saturated carbocycles. The molecule has 3 aromatic carbocycles. The van der Waals surface area contributed by atoms with Crippen LogP contribution in [0.3, 0.4) is 0 Å². The number of ether oxygens (including phenoxy) is 1. The van der Waals surface area contributed by atoms with Gasteiger partial charge < -0.3 is 4.74 Å². The van der Waals surface area contributed by atoms with Crippen LogP contribution in [0.4, 0.5) is 0 Å². The average Bonchev–Trinajstić information content (AvgIpc) is 2.68. The first kappa shape index (κ1) is 18.3. The van der Waals surface area contributed by atoms with Crippen molar-refractivity contribution in [1.29, 1.82) is 0 Å².